The van der Waals surface area contributed by atoms with Crippen molar-refractivity contribution in [2.24, 2.45) is 5.92 Å². The monoisotopic (exact) mass is 540 g/mol. The van der Waals surface area contributed by atoms with Crippen LogP contribution in [0, 0.1) is 11.7 Å². The SMILES string of the molecule is C[C@]1(C2CCN(c3ncc(C(F)(F)F)cc3F)CC2)Cc2cc(C3=CCN(S(C)(=O)=O)CC3)ncc2O1. The smallest absolute Gasteiger partial charge is 0.417 e. The van der Waals surface area contributed by atoms with E-state index in [-0.39, 0.29) is 11.7 Å². The van der Waals surface area contributed by atoms with Gasteiger partial charge in [0.2, 0.25) is 10.0 Å². The second-order valence-corrected chi connectivity index (χ2v) is 12.1. The number of hydrogen-bond acceptors (Lipinski definition) is 6. The fourth-order valence-corrected chi connectivity index (χ4v) is 6.26. The van der Waals surface area contributed by atoms with Gasteiger partial charge in [0.1, 0.15) is 11.4 Å². The second kappa shape index (κ2) is 9.23. The molecule has 5 rings (SSSR count). The lowest BCUT2D eigenvalue weighted by Gasteiger charge is -2.40. The second-order valence-electron chi connectivity index (χ2n) is 10.2. The van der Waals surface area contributed by atoms with Gasteiger partial charge in [0, 0.05) is 50.3 Å². The zero-order valence-electron chi connectivity index (χ0n) is 20.6. The van der Waals surface area contributed by atoms with Gasteiger partial charge in [-0.2, -0.15) is 17.5 Å². The quantitative estimate of drug-likeness (QED) is 0.539. The molecule has 5 heterocycles. The summed E-state index contributed by atoms with van der Waals surface area (Å²) in [5.41, 5.74) is 1.29. The molecule has 0 unspecified atom stereocenters. The molecule has 200 valence electrons. The van der Waals surface area contributed by atoms with Crippen molar-refractivity contribution in [3.63, 3.8) is 0 Å². The Balaban J connectivity index is 1.24. The molecule has 37 heavy (non-hydrogen) atoms. The number of hydrogen-bond donors (Lipinski definition) is 0. The van der Waals surface area contributed by atoms with Gasteiger partial charge in [-0.3, -0.25) is 4.98 Å². The molecule has 3 aliphatic rings. The molecule has 2 aromatic rings. The van der Waals surface area contributed by atoms with E-state index in [9.17, 15) is 26.0 Å². The molecule has 0 N–H and O–H groups in total. The number of anilines is 1. The van der Waals surface area contributed by atoms with Crippen LogP contribution in [0.3, 0.4) is 0 Å². The number of halogens is 4. The van der Waals surface area contributed by atoms with Gasteiger partial charge in [-0.15, -0.1) is 0 Å². The molecule has 12 heteroatoms. The van der Waals surface area contributed by atoms with E-state index in [1.165, 1.54) is 10.6 Å². The largest absolute Gasteiger partial charge is 0.485 e. The number of rotatable bonds is 4. The molecule has 1 atom stereocenters. The fraction of sp³-hybridized carbons (Fsp3) is 0.520. The minimum absolute atomic E-state index is 0.0590. The van der Waals surface area contributed by atoms with E-state index >= 15 is 0 Å². The first kappa shape index (κ1) is 25.9. The third-order valence-electron chi connectivity index (χ3n) is 7.61. The highest BCUT2D eigenvalue weighted by atomic mass is 32.2. The number of fused-ring (bicyclic) bond motifs is 1. The molecule has 0 saturated carbocycles. The Labute approximate surface area is 213 Å². The highest BCUT2D eigenvalue weighted by molar-refractivity contribution is 7.88. The van der Waals surface area contributed by atoms with Crippen LogP contribution in [0.4, 0.5) is 23.4 Å². The minimum atomic E-state index is -4.64. The molecule has 0 amide bonds. The lowest BCUT2D eigenvalue weighted by Crippen LogP contribution is -2.46. The van der Waals surface area contributed by atoms with Gasteiger partial charge in [-0.1, -0.05) is 6.08 Å². The summed E-state index contributed by atoms with van der Waals surface area (Å²) < 4.78 is 84.3. The molecule has 0 radical (unpaired) electrons. The molecule has 3 aliphatic heterocycles. The number of sulfonamides is 1. The molecular formula is C25H28F4N4O3S. The van der Waals surface area contributed by atoms with Gasteiger partial charge in [-0.25, -0.2) is 17.8 Å². The zero-order valence-corrected chi connectivity index (χ0v) is 21.4. The first-order chi connectivity index (χ1) is 17.3. The molecule has 1 fully saturated rings. The van der Waals surface area contributed by atoms with Crippen molar-refractivity contribution in [3.05, 3.63) is 53.2 Å². The Morgan fingerprint density at radius 1 is 1.11 bits per heavy atom. The maximum absolute atomic E-state index is 14.4. The van der Waals surface area contributed by atoms with Crippen LogP contribution >= 0.6 is 0 Å². The third-order valence-corrected chi connectivity index (χ3v) is 8.88. The van der Waals surface area contributed by atoms with Gasteiger partial charge in [-0.05, 0) is 43.9 Å². The van der Waals surface area contributed by atoms with E-state index in [1.54, 1.807) is 11.1 Å². The van der Waals surface area contributed by atoms with Gasteiger partial charge in [0.25, 0.3) is 0 Å². The number of nitrogens with zero attached hydrogens (tertiary/aromatic N) is 4. The number of ether oxygens (including phenoxy) is 1. The third kappa shape index (κ3) is 5.18. The molecule has 2 aromatic heterocycles. The number of alkyl halides is 3. The van der Waals surface area contributed by atoms with E-state index in [4.69, 9.17) is 4.74 Å². The van der Waals surface area contributed by atoms with Crippen molar-refractivity contribution in [1.82, 2.24) is 14.3 Å². The van der Waals surface area contributed by atoms with Crippen LogP contribution in [0.25, 0.3) is 5.57 Å². The van der Waals surface area contributed by atoms with Crippen molar-refractivity contribution in [2.75, 3.05) is 37.3 Å². The average molecular weight is 541 g/mol. The first-order valence-corrected chi connectivity index (χ1v) is 14.0. The maximum Gasteiger partial charge on any atom is 0.417 e. The van der Waals surface area contributed by atoms with Gasteiger partial charge in [0.15, 0.2) is 11.6 Å². The molecule has 0 aliphatic carbocycles. The summed E-state index contributed by atoms with van der Waals surface area (Å²) in [5.74, 6) is -0.150. The Morgan fingerprint density at radius 3 is 2.43 bits per heavy atom. The number of aromatic nitrogens is 2. The summed E-state index contributed by atoms with van der Waals surface area (Å²) in [6.45, 7) is 3.72. The molecule has 0 spiro atoms. The molecular weight excluding hydrogens is 512 g/mol. The van der Waals surface area contributed by atoms with Crippen LogP contribution in [0.1, 0.15) is 43.0 Å². The van der Waals surface area contributed by atoms with E-state index in [0.29, 0.717) is 64.1 Å². The van der Waals surface area contributed by atoms with Crippen LogP contribution in [-0.4, -0.2) is 60.7 Å². The van der Waals surface area contributed by atoms with Crippen molar-refractivity contribution >= 4 is 21.4 Å². The number of piperidine rings is 1. The summed E-state index contributed by atoms with van der Waals surface area (Å²) in [7, 11) is -3.23. The maximum atomic E-state index is 14.4. The molecule has 1 saturated heterocycles. The van der Waals surface area contributed by atoms with E-state index in [1.807, 2.05) is 19.1 Å². The van der Waals surface area contributed by atoms with Gasteiger partial charge >= 0.3 is 6.18 Å². The van der Waals surface area contributed by atoms with Crippen molar-refractivity contribution < 1.29 is 30.7 Å². The van der Waals surface area contributed by atoms with Crippen LogP contribution in [0.2, 0.25) is 0 Å². The predicted octanol–water partition coefficient (Wildman–Crippen LogP) is 4.29. The zero-order chi connectivity index (χ0) is 26.6. The first-order valence-electron chi connectivity index (χ1n) is 12.1. The molecule has 7 nitrogen and oxygen atoms in total. The van der Waals surface area contributed by atoms with Gasteiger partial charge in [0.05, 0.1) is 23.7 Å². The minimum Gasteiger partial charge on any atom is -0.485 e. The van der Waals surface area contributed by atoms with Crippen molar-refractivity contribution in [1.29, 1.82) is 0 Å². The highest BCUT2D eigenvalue weighted by Crippen LogP contribution is 2.43. The van der Waals surface area contributed by atoms with E-state index < -0.39 is 33.2 Å². The van der Waals surface area contributed by atoms with Crippen LogP contribution in [-0.2, 0) is 22.6 Å². The van der Waals surface area contributed by atoms with Crippen LogP contribution in [0.15, 0.2) is 30.6 Å². The van der Waals surface area contributed by atoms with Crippen molar-refractivity contribution in [3.8, 4) is 5.75 Å². The summed E-state index contributed by atoms with van der Waals surface area (Å²) in [5, 5.41) is 0. The summed E-state index contributed by atoms with van der Waals surface area (Å²) in [6, 6.07) is 2.51. The normalized spacial score (nSPS) is 23.5. The fourth-order valence-electron chi connectivity index (χ4n) is 5.49. The van der Waals surface area contributed by atoms with E-state index in [0.717, 1.165) is 22.6 Å². The predicted molar refractivity (Wildman–Crippen MR) is 130 cm³/mol. The lowest BCUT2D eigenvalue weighted by atomic mass is 9.79. The molecule has 0 aromatic carbocycles. The highest BCUT2D eigenvalue weighted by Gasteiger charge is 2.44. The summed E-state index contributed by atoms with van der Waals surface area (Å²) >= 11 is 0. The van der Waals surface area contributed by atoms with Crippen molar-refractivity contribution in [2.45, 2.75) is 44.4 Å². The number of pyridine rings is 2. The molecule has 0 bridgehead atoms. The Morgan fingerprint density at radius 2 is 1.84 bits per heavy atom. The van der Waals surface area contributed by atoms with Crippen LogP contribution < -0.4 is 9.64 Å². The summed E-state index contributed by atoms with van der Waals surface area (Å²) in [4.78, 5) is 10.0. The standard InChI is InChI=1S/C25H28F4N4O3S/c1-24(18-5-7-32(8-6-18)23-20(26)12-19(14-31-23)25(27,28)29)13-17-11-21(30-15-22(17)36-24)16-3-9-33(10-4-16)37(2,34)35/h3,11-12,14-15,18H,4-10,13H2,1-2H3/t24-/m1/s1. The average Bonchev–Trinajstić information content (AvgIpc) is 3.19. The lowest BCUT2D eigenvalue weighted by molar-refractivity contribution is -0.138. The Bertz CT molecular complexity index is 1340. The van der Waals surface area contributed by atoms with Crippen LogP contribution in [0.5, 0.6) is 5.75 Å². The Hall–Kier alpha value is -2.73. The topological polar surface area (TPSA) is 75.6 Å². The summed E-state index contributed by atoms with van der Waals surface area (Å²) in [6.07, 6.45) is 3.49. The van der Waals surface area contributed by atoms with E-state index in [2.05, 4.69) is 9.97 Å². The Kier molecular flexibility index (Phi) is 6.46. The van der Waals surface area contributed by atoms with Gasteiger partial charge < -0.3 is 9.64 Å².